The topological polar surface area (TPSA) is 106 Å². The summed E-state index contributed by atoms with van der Waals surface area (Å²) in [6.07, 6.45) is 4.77. The molecule has 0 spiro atoms. The minimum Gasteiger partial charge on any atom is -0.330 e. The summed E-state index contributed by atoms with van der Waals surface area (Å²) in [4.78, 5) is 0.0890. The van der Waals surface area contributed by atoms with Gasteiger partial charge in [-0.3, -0.25) is 0 Å². The molecule has 2 rings (SSSR count). The highest BCUT2D eigenvalue weighted by molar-refractivity contribution is 7.91. The molecule has 2 atom stereocenters. The van der Waals surface area contributed by atoms with Gasteiger partial charge < -0.3 is 5.73 Å². The zero-order chi connectivity index (χ0) is 18.1. The van der Waals surface area contributed by atoms with Crippen LogP contribution in [0.3, 0.4) is 0 Å². The molecule has 3 N–H and O–H groups in total. The molecule has 0 bridgehead atoms. The molecule has 1 saturated carbocycles. The quantitative estimate of drug-likeness (QED) is 0.812. The highest BCUT2D eigenvalue weighted by Gasteiger charge is 2.30. The minimum absolute atomic E-state index is 0.0317. The highest BCUT2D eigenvalue weighted by Crippen LogP contribution is 2.28. The molecule has 0 radical (unpaired) electrons. The van der Waals surface area contributed by atoms with Gasteiger partial charge in [-0.1, -0.05) is 12.8 Å². The molecule has 1 aromatic rings. The fourth-order valence-corrected chi connectivity index (χ4v) is 6.19. The van der Waals surface area contributed by atoms with Crippen molar-refractivity contribution in [3.05, 3.63) is 23.3 Å². The van der Waals surface area contributed by atoms with Crippen molar-refractivity contribution in [2.45, 2.75) is 55.4 Å². The molecule has 0 amide bonds. The van der Waals surface area contributed by atoms with Crippen LogP contribution in [0.4, 0.5) is 0 Å². The standard InChI is InChI=1S/C16H26N2O4S2/c1-11-8-15(23(3,19)20)12(2)16(9-11)24(21,22)18-14-7-5-4-6-13(14)10-17/h8-9,13-14,18H,4-7,10,17H2,1-3H3/t13-,14-/m1/s1. The van der Waals surface area contributed by atoms with E-state index in [1.807, 2.05) is 0 Å². The zero-order valence-electron chi connectivity index (χ0n) is 14.4. The predicted molar refractivity (Wildman–Crippen MR) is 94.1 cm³/mol. The van der Waals surface area contributed by atoms with Crippen LogP contribution < -0.4 is 10.5 Å². The normalized spacial score (nSPS) is 22.5. The average molecular weight is 375 g/mol. The number of hydrogen-bond acceptors (Lipinski definition) is 5. The Kier molecular flexibility index (Phi) is 5.74. The van der Waals surface area contributed by atoms with Crippen molar-refractivity contribution in [1.29, 1.82) is 0 Å². The number of sulfonamides is 1. The van der Waals surface area contributed by atoms with Crippen LogP contribution >= 0.6 is 0 Å². The summed E-state index contributed by atoms with van der Waals surface area (Å²) < 4.78 is 52.4. The molecule has 0 aromatic heterocycles. The van der Waals surface area contributed by atoms with Gasteiger partial charge in [0, 0.05) is 12.3 Å². The van der Waals surface area contributed by atoms with Crippen LogP contribution in [-0.2, 0) is 19.9 Å². The van der Waals surface area contributed by atoms with E-state index in [-0.39, 0.29) is 27.3 Å². The average Bonchev–Trinajstić information content (AvgIpc) is 2.48. The molecule has 6 nitrogen and oxygen atoms in total. The first-order chi connectivity index (χ1) is 11.1. The maximum absolute atomic E-state index is 12.9. The number of hydrogen-bond donors (Lipinski definition) is 2. The second kappa shape index (κ2) is 7.11. The van der Waals surface area contributed by atoms with E-state index in [0.29, 0.717) is 12.1 Å². The fourth-order valence-electron chi connectivity index (χ4n) is 3.37. The largest absolute Gasteiger partial charge is 0.330 e. The van der Waals surface area contributed by atoms with E-state index in [0.717, 1.165) is 31.9 Å². The van der Waals surface area contributed by atoms with Crippen LogP contribution in [0.15, 0.2) is 21.9 Å². The lowest BCUT2D eigenvalue weighted by atomic mass is 9.85. The Hall–Kier alpha value is -0.960. The first-order valence-corrected chi connectivity index (χ1v) is 11.5. The van der Waals surface area contributed by atoms with Crippen LogP contribution in [0.1, 0.15) is 36.8 Å². The summed E-state index contributed by atoms with van der Waals surface area (Å²) in [6.45, 7) is 3.66. The van der Waals surface area contributed by atoms with E-state index in [1.54, 1.807) is 6.92 Å². The van der Waals surface area contributed by atoms with Gasteiger partial charge in [-0.25, -0.2) is 21.6 Å². The lowest BCUT2D eigenvalue weighted by Crippen LogP contribution is -2.44. The van der Waals surface area contributed by atoms with Crippen molar-refractivity contribution in [1.82, 2.24) is 4.72 Å². The predicted octanol–water partition coefficient (Wildman–Crippen LogP) is 1.50. The Balaban J connectivity index is 2.44. The molecule has 0 saturated heterocycles. The third-order valence-corrected chi connectivity index (χ3v) is 7.50. The molecule has 136 valence electrons. The molecule has 1 aromatic carbocycles. The third-order valence-electron chi connectivity index (χ3n) is 4.66. The first-order valence-electron chi connectivity index (χ1n) is 8.10. The molecule has 1 aliphatic rings. The number of sulfone groups is 1. The Labute approximate surface area is 144 Å². The van der Waals surface area contributed by atoms with Crippen LogP contribution in [0.25, 0.3) is 0 Å². The summed E-state index contributed by atoms with van der Waals surface area (Å²) in [6, 6.07) is 2.83. The Morgan fingerprint density at radius 2 is 1.67 bits per heavy atom. The van der Waals surface area contributed by atoms with Gasteiger partial charge in [-0.05, 0) is 62.4 Å². The van der Waals surface area contributed by atoms with Gasteiger partial charge in [0.2, 0.25) is 10.0 Å². The second-order valence-electron chi connectivity index (χ2n) is 6.67. The summed E-state index contributed by atoms with van der Waals surface area (Å²) >= 11 is 0. The highest BCUT2D eigenvalue weighted by atomic mass is 32.2. The maximum atomic E-state index is 12.9. The first kappa shape index (κ1) is 19.4. The number of rotatable bonds is 5. The van der Waals surface area contributed by atoms with E-state index in [1.165, 1.54) is 19.1 Å². The van der Waals surface area contributed by atoms with Crippen molar-refractivity contribution in [2.24, 2.45) is 11.7 Å². The van der Waals surface area contributed by atoms with Crippen LogP contribution in [0.5, 0.6) is 0 Å². The van der Waals surface area contributed by atoms with Crippen molar-refractivity contribution in [3.63, 3.8) is 0 Å². The summed E-state index contributed by atoms with van der Waals surface area (Å²) in [5.74, 6) is 0.119. The van der Waals surface area contributed by atoms with E-state index in [2.05, 4.69) is 4.72 Å². The Morgan fingerprint density at radius 3 is 2.25 bits per heavy atom. The van der Waals surface area contributed by atoms with Gasteiger partial charge in [0.15, 0.2) is 9.84 Å². The Bertz CT molecular complexity index is 817. The van der Waals surface area contributed by atoms with Crippen molar-refractivity contribution >= 4 is 19.9 Å². The smallest absolute Gasteiger partial charge is 0.241 e. The fraction of sp³-hybridized carbons (Fsp3) is 0.625. The molecule has 0 aliphatic heterocycles. The summed E-state index contributed by atoms with van der Waals surface area (Å²) in [7, 11) is -7.31. The van der Waals surface area contributed by atoms with Crippen molar-refractivity contribution < 1.29 is 16.8 Å². The molecular weight excluding hydrogens is 348 g/mol. The minimum atomic E-state index is -3.81. The molecule has 0 unspecified atom stereocenters. The van der Waals surface area contributed by atoms with E-state index >= 15 is 0 Å². The second-order valence-corrected chi connectivity index (χ2v) is 10.3. The lowest BCUT2D eigenvalue weighted by Gasteiger charge is -2.31. The number of nitrogens with two attached hydrogens (primary N) is 1. The number of nitrogens with one attached hydrogen (secondary N) is 1. The van der Waals surface area contributed by atoms with E-state index < -0.39 is 19.9 Å². The monoisotopic (exact) mass is 374 g/mol. The van der Waals surface area contributed by atoms with Gasteiger partial charge >= 0.3 is 0 Å². The number of aryl methyl sites for hydroxylation is 1. The Morgan fingerprint density at radius 1 is 1.08 bits per heavy atom. The molecule has 8 heteroatoms. The van der Waals surface area contributed by atoms with Crippen LogP contribution in [0.2, 0.25) is 0 Å². The van der Waals surface area contributed by atoms with Crippen LogP contribution in [0, 0.1) is 19.8 Å². The van der Waals surface area contributed by atoms with Gasteiger partial charge in [0.1, 0.15) is 0 Å². The molecule has 24 heavy (non-hydrogen) atoms. The van der Waals surface area contributed by atoms with Crippen molar-refractivity contribution in [2.75, 3.05) is 12.8 Å². The zero-order valence-corrected chi connectivity index (χ0v) is 16.0. The van der Waals surface area contributed by atoms with Crippen molar-refractivity contribution in [3.8, 4) is 0 Å². The van der Waals surface area contributed by atoms with Gasteiger partial charge in [-0.15, -0.1) is 0 Å². The lowest BCUT2D eigenvalue weighted by molar-refractivity contribution is 0.296. The van der Waals surface area contributed by atoms with Gasteiger partial charge in [0.05, 0.1) is 9.79 Å². The maximum Gasteiger partial charge on any atom is 0.241 e. The summed E-state index contributed by atoms with van der Waals surface area (Å²) in [5, 5.41) is 0. The molecule has 1 fully saturated rings. The van der Waals surface area contributed by atoms with E-state index in [9.17, 15) is 16.8 Å². The third kappa shape index (κ3) is 4.17. The molecule has 1 aliphatic carbocycles. The van der Waals surface area contributed by atoms with Gasteiger partial charge in [0.25, 0.3) is 0 Å². The van der Waals surface area contributed by atoms with Crippen LogP contribution in [-0.4, -0.2) is 35.7 Å². The number of benzene rings is 1. The molecular formula is C16H26N2O4S2. The SMILES string of the molecule is Cc1cc(S(C)(=O)=O)c(C)c(S(=O)(=O)N[C@@H]2CCCC[C@@H]2CN)c1. The molecule has 0 heterocycles. The van der Waals surface area contributed by atoms with Gasteiger partial charge in [-0.2, -0.15) is 0 Å². The van der Waals surface area contributed by atoms with E-state index in [4.69, 9.17) is 5.73 Å². The summed E-state index contributed by atoms with van der Waals surface area (Å²) in [5.41, 5.74) is 6.63.